The van der Waals surface area contributed by atoms with Gasteiger partial charge < -0.3 is 27.2 Å². The predicted molar refractivity (Wildman–Crippen MR) is 89.8 cm³/mol. The van der Waals surface area contributed by atoms with Crippen LogP contribution in [0, 0.1) is 5.41 Å². The van der Waals surface area contributed by atoms with Crippen LogP contribution in [0.15, 0.2) is 6.20 Å². The van der Waals surface area contributed by atoms with Gasteiger partial charge in [0, 0.05) is 17.5 Å². The summed E-state index contributed by atoms with van der Waals surface area (Å²) in [5.74, 6) is 0.753. The van der Waals surface area contributed by atoms with Gasteiger partial charge in [-0.15, -0.1) is 0 Å². The van der Waals surface area contributed by atoms with Gasteiger partial charge in [0.05, 0.1) is 18.5 Å². The number of aliphatic hydroxyl groups is 1. The van der Waals surface area contributed by atoms with Gasteiger partial charge in [-0.05, 0) is 32.6 Å². The van der Waals surface area contributed by atoms with Crippen molar-refractivity contribution in [3.63, 3.8) is 0 Å². The molecule has 1 aromatic rings. The van der Waals surface area contributed by atoms with Crippen LogP contribution in [0.4, 0.5) is 17.5 Å². The molecule has 0 bridgehead atoms. The molecule has 1 amide bonds. The van der Waals surface area contributed by atoms with Crippen LogP contribution >= 0.6 is 0 Å². The molecule has 23 heavy (non-hydrogen) atoms. The Morgan fingerprint density at radius 2 is 2.17 bits per heavy atom. The second-order valence-electron chi connectivity index (χ2n) is 6.57. The summed E-state index contributed by atoms with van der Waals surface area (Å²) in [5, 5.41) is 15.4. The van der Waals surface area contributed by atoms with Gasteiger partial charge in [0.1, 0.15) is 0 Å². The minimum Gasteiger partial charge on any atom is -0.394 e. The average Bonchev–Trinajstić information content (AvgIpc) is 2.52. The van der Waals surface area contributed by atoms with Gasteiger partial charge in [-0.1, -0.05) is 6.92 Å². The number of rotatable bonds is 6. The number of nitrogens with zero attached hydrogens (tertiary/aromatic N) is 2. The van der Waals surface area contributed by atoms with Crippen LogP contribution in [0.1, 0.15) is 39.5 Å². The van der Waals surface area contributed by atoms with Gasteiger partial charge >= 0.3 is 0 Å². The number of nitrogens with one attached hydrogen (secondary N) is 2. The molecule has 1 fully saturated rings. The summed E-state index contributed by atoms with van der Waals surface area (Å²) < 4.78 is 0. The number of nitrogen functional groups attached to an aromatic ring is 1. The summed E-state index contributed by atoms with van der Waals surface area (Å²) in [6.07, 6.45) is 4.70. The third-order valence-electron chi connectivity index (χ3n) is 4.49. The van der Waals surface area contributed by atoms with E-state index < -0.39 is 5.41 Å². The summed E-state index contributed by atoms with van der Waals surface area (Å²) in [6, 6.07) is 0.0557. The fraction of sp³-hybridized carbons (Fsp3) is 0.667. The van der Waals surface area contributed by atoms with Crippen LogP contribution in [-0.2, 0) is 4.79 Å². The number of amides is 1. The van der Waals surface area contributed by atoms with Crippen molar-refractivity contribution in [3.8, 4) is 0 Å². The predicted octanol–water partition coefficient (Wildman–Crippen LogP) is 0.698. The van der Waals surface area contributed by atoms with Gasteiger partial charge in [-0.2, -0.15) is 4.98 Å². The highest BCUT2D eigenvalue weighted by atomic mass is 16.3. The molecule has 0 saturated heterocycles. The van der Waals surface area contributed by atoms with E-state index in [9.17, 15) is 4.79 Å². The normalized spacial score (nSPS) is 25.6. The first kappa shape index (κ1) is 17.3. The fourth-order valence-corrected chi connectivity index (χ4v) is 2.68. The Morgan fingerprint density at radius 1 is 1.52 bits per heavy atom. The molecule has 8 heteroatoms. The Morgan fingerprint density at radius 3 is 2.74 bits per heavy atom. The van der Waals surface area contributed by atoms with E-state index in [-0.39, 0.29) is 24.6 Å². The van der Waals surface area contributed by atoms with Crippen molar-refractivity contribution < 1.29 is 9.90 Å². The lowest BCUT2D eigenvalue weighted by Crippen LogP contribution is -2.40. The molecule has 0 aliphatic heterocycles. The van der Waals surface area contributed by atoms with E-state index >= 15 is 0 Å². The molecule has 7 N–H and O–H groups in total. The van der Waals surface area contributed by atoms with Crippen LogP contribution < -0.4 is 22.1 Å². The maximum Gasteiger partial charge on any atom is 0.225 e. The SMILES string of the molecule is CC(CO)Nc1ncc(N)c(NC2CCC(C)(C(N)=O)CC2)n1. The molecule has 1 aliphatic rings. The van der Waals surface area contributed by atoms with Gasteiger partial charge in [-0.3, -0.25) is 4.79 Å². The second-order valence-corrected chi connectivity index (χ2v) is 6.57. The molecule has 1 saturated carbocycles. The van der Waals surface area contributed by atoms with E-state index in [1.54, 1.807) is 0 Å². The van der Waals surface area contributed by atoms with Gasteiger partial charge in [0.25, 0.3) is 0 Å². The first-order valence-electron chi connectivity index (χ1n) is 7.90. The summed E-state index contributed by atoms with van der Waals surface area (Å²) in [5.41, 5.74) is 11.5. The van der Waals surface area contributed by atoms with E-state index in [4.69, 9.17) is 16.6 Å². The standard InChI is InChI=1S/C15H26N6O2/c1-9(8-22)19-14-18-7-11(16)12(21-14)20-10-3-5-15(2,6-4-10)13(17)23/h7,9-10,22H,3-6,8,16H2,1-2H3,(H2,17,23)(H2,18,19,20,21). The first-order chi connectivity index (χ1) is 10.8. The Hall–Kier alpha value is -2.09. The largest absolute Gasteiger partial charge is 0.394 e. The van der Waals surface area contributed by atoms with Crippen LogP contribution in [0.2, 0.25) is 0 Å². The minimum absolute atomic E-state index is 0.00910. The van der Waals surface area contributed by atoms with Crippen molar-refractivity contribution in [2.24, 2.45) is 11.1 Å². The molecule has 8 nitrogen and oxygen atoms in total. The molecule has 2 rings (SSSR count). The second kappa shape index (κ2) is 6.99. The fourth-order valence-electron chi connectivity index (χ4n) is 2.68. The molecule has 0 spiro atoms. The molecule has 1 heterocycles. The van der Waals surface area contributed by atoms with E-state index in [1.165, 1.54) is 6.20 Å². The quantitative estimate of drug-likeness (QED) is 0.519. The zero-order chi connectivity index (χ0) is 17.0. The lowest BCUT2D eigenvalue weighted by molar-refractivity contribution is -0.128. The van der Waals surface area contributed by atoms with Crippen molar-refractivity contribution >= 4 is 23.4 Å². The van der Waals surface area contributed by atoms with Crippen molar-refractivity contribution in [2.75, 3.05) is 23.0 Å². The third-order valence-corrected chi connectivity index (χ3v) is 4.49. The lowest BCUT2D eigenvalue weighted by atomic mass is 9.73. The molecule has 1 aromatic heterocycles. The molecule has 128 valence electrons. The zero-order valence-electron chi connectivity index (χ0n) is 13.7. The molecule has 1 unspecified atom stereocenters. The van der Waals surface area contributed by atoms with Gasteiger partial charge in [-0.25, -0.2) is 4.98 Å². The average molecular weight is 322 g/mol. The summed E-state index contributed by atoms with van der Waals surface area (Å²) in [6.45, 7) is 3.74. The number of aliphatic hydroxyl groups excluding tert-OH is 1. The molecule has 1 aliphatic carbocycles. The Bertz CT molecular complexity index is 557. The molecule has 0 aromatic carbocycles. The van der Waals surface area contributed by atoms with E-state index in [1.807, 2.05) is 13.8 Å². The van der Waals surface area contributed by atoms with E-state index in [0.717, 1.165) is 25.7 Å². The van der Waals surface area contributed by atoms with E-state index in [0.29, 0.717) is 17.5 Å². The highest BCUT2D eigenvalue weighted by molar-refractivity contribution is 5.80. The smallest absolute Gasteiger partial charge is 0.225 e. The summed E-state index contributed by atoms with van der Waals surface area (Å²) >= 11 is 0. The van der Waals surface area contributed by atoms with Gasteiger partial charge in [0.15, 0.2) is 5.82 Å². The number of primary amides is 1. The summed E-state index contributed by atoms with van der Waals surface area (Å²) in [4.78, 5) is 20.0. The van der Waals surface area contributed by atoms with Crippen LogP contribution in [0.25, 0.3) is 0 Å². The van der Waals surface area contributed by atoms with Crippen molar-refractivity contribution in [1.82, 2.24) is 9.97 Å². The summed E-state index contributed by atoms with van der Waals surface area (Å²) in [7, 11) is 0. The van der Waals surface area contributed by atoms with Gasteiger partial charge in [0.2, 0.25) is 11.9 Å². The number of carbonyl (C=O) groups excluding carboxylic acids is 1. The molecular weight excluding hydrogens is 296 g/mol. The highest BCUT2D eigenvalue weighted by Crippen LogP contribution is 2.36. The molecule has 1 atom stereocenters. The number of aromatic nitrogens is 2. The Balaban J connectivity index is 2.00. The van der Waals surface area contributed by atoms with Crippen molar-refractivity contribution in [1.29, 1.82) is 0 Å². The van der Waals surface area contributed by atoms with E-state index in [2.05, 4.69) is 20.6 Å². The Kier molecular flexibility index (Phi) is 5.25. The first-order valence-corrected chi connectivity index (χ1v) is 7.90. The van der Waals surface area contributed by atoms with Crippen LogP contribution in [-0.4, -0.2) is 39.7 Å². The maximum atomic E-state index is 11.5. The topological polar surface area (TPSA) is 139 Å². The number of hydrogen-bond donors (Lipinski definition) is 5. The number of carbonyl (C=O) groups is 1. The Labute approximate surface area is 136 Å². The molecule has 0 radical (unpaired) electrons. The van der Waals surface area contributed by atoms with Crippen molar-refractivity contribution in [3.05, 3.63) is 6.20 Å². The highest BCUT2D eigenvalue weighted by Gasteiger charge is 2.36. The minimum atomic E-state index is -0.418. The molecular formula is C15H26N6O2. The third kappa shape index (κ3) is 4.22. The van der Waals surface area contributed by atoms with Crippen LogP contribution in [0.5, 0.6) is 0 Å². The maximum absolute atomic E-state index is 11.5. The number of nitrogens with two attached hydrogens (primary N) is 2. The number of anilines is 3. The van der Waals surface area contributed by atoms with Crippen LogP contribution in [0.3, 0.4) is 0 Å². The lowest BCUT2D eigenvalue weighted by Gasteiger charge is -2.35. The van der Waals surface area contributed by atoms with Crippen molar-refractivity contribution in [2.45, 2.75) is 51.6 Å². The number of hydrogen-bond acceptors (Lipinski definition) is 7. The monoisotopic (exact) mass is 322 g/mol. The zero-order valence-corrected chi connectivity index (χ0v) is 13.7.